The highest BCUT2D eigenvalue weighted by Crippen LogP contribution is 2.43. The second-order valence-electron chi connectivity index (χ2n) is 3.00. The molecule has 84 valence electrons. The predicted molar refractivity (Wildman–Crippen MR) is 43.3 cm³/mol. The number of aromatic nitrogens is 1. The number of hydrogen-bond acceptors (Lipinski definition) is 2. The largest absolute Gasteiger partial charge is 0.459 e. The second-order valence-corrected chi connectivity index (χ2v) is 3.00. The Labute approximate surface area is 81.9 Å². The van der Waals surface area contributed by atoms with Crippen molar-refractivity contribution < 1.29 is 22.0 Å². The van der Waals surface area contributed by atoms with Crippen molar-refractivity contribution >= 4 is 5.69 Å². The number of aryl methyl sites for hydroxylation is 1. The van der Waals surface area contributed by atoms with Crippen LogP contribution in [0.25, 0.3) is 0 Å². The Hall–Kier alpha value is -1.40. The summed E-state index contributed by atoms with van der Waals surface area (Å²) in [6, 6.07) is 1.72. The molecule has 0 saturated carbocycles. The highest BCUT2D eigenvalue weighted by molar-refractivity contribution is 5.41. The lowest BCUT2D eigenvalue weighted by molar-refractivity contribution is -0.290. The highest BCUT2D eigenvalue weighted by atomic mass is 19.4. The topological polar surface area (TPSA) is 38.9 Å². The van der Waals surface area contributed by atoms with Gasteiger partial charge >= 0.3 is 12.1 Å². The number of alkyl halides is 5. The SMILES string of the molecule is Cc1cc(N)cc(C(F)(F)C(F)(F)F)n1. The van der Waals surface area contributed by atoms with E-state index < -0.39 is 17.8 Å². The van der Waals surface area contributed by atoms with Crippen LogP contribution in [-0.2, 0) is 5.92 Å². The van der Waals surface area contributed by atoms with Gasteiger partial charge in [0.1, 0.15) is 5.69 Å². The van der Waals surface area contributed by atoms with Crippen molar-refractivity contribution in [1.29, 1.82) is 0 Å². The molecule has 1 aromatic heterocycles. The summed E-state index contributed by atoms with van der Waals surface area (Å²) in [4.78, 5) is 3.12. The Morgan fingerprint density at radius 1 is 1.13 bits per heavy atom. The van der Waals surface area contributed by atoms with E-state index in [-0.39, 0.29) is 11.4 Å². The van der Waals surface area contributed by atoms with Gasteiger partial charge in [-0.15, -0.1) is 0 Å². The number of nitrogen functional groups attached to an aromatic ring is 1. The summed E-state index contributed by atoms with van der Waals surface area (Å²) < 4.78 is 61.4. The molecule has 0 amide bonds. The van der Waals surface area contributed by atoms with Gasteiger partial charge in [-0.25, -0.2) is 0 Å². The molecule has 1 aromatic rings. The van der Waals surface area contributed by atoms with E-state index in [4.69, 9.17) is 5.73 Å². The zero-order valence-electron chi connectivity index (χ0n) is 7.57. The fraction of sp³-hybridized carbons (Fsp3) is 0.375. The van der Waals surface area contributed by atoms with Gasteiger partial charge in [0, 0.05) is 11.4 Å². The van der Waals surface area contributed by atoms with Crippen LogP contribution in [0.3, 0.4) is 0 Å². The van der Waals surface area contributed by atoms with E-state index in [0.717, 1.165) is 0 Å². The van der Waals surface area contributed by atoms with Crippen LogP contribution in [0.4, 0.5) is 27.6 Å². The molecule has 0 atom stereocenters. The zero-order valence-corrected chi connectivity index (χ0v) is 7.57. The molecule has 2 nitrogen and oxygen atoms in total. The Bertz CT molecular complexity index is 352. The summed E-state index contributed by atoms with van der Waals surface area (Å²) in [6.07, 6.45) is -5.67. The van der Waals surface area contributed by atoms with Gasteiger partial charge < -0.3 is 5.73 Å². The monoisotopic (exact) mass is 226 g/mol. The number of nitrogens with two attached hydrogens (primary N) is 1. The lowest BCUT2D eigenvalue weighted by Crippen LogP contribution is -2.34. The second kappa shape index (κ2) is 3.32. The molecule has 0 bridgehead atoms. The molecule has 0 radical (unpaired) electrons. The third-order valence-electron chi connectivity index (χ3n) is 1.65. The Balaban J connectivity index is 3.27. The maximum Gasteiger partial charge on any atom is 0.459 e. The Morgan fingerprint density at radius 2 is 1.67 bits per heavy atom. The standard InChI is InChI=1S/C8H7F5N2/c1-4-2-5(14)3-6(15-4)7(9,10)8(11,12)13/h2-3H,1H3,(H2,14,15). The average Bonchev–Trinajstić information content (AvgIpc) is 1.99. The van der Waals surface area contributed by atoms with Crippen LogP contribution in [-0.4, -0.2) is 11.2 Å². The van der Waals surface area contributed by atoms with Crippen LogP contribution in [0.1, 0.15) is 11.4 Å². The van der Waals surface area contributed by atoms with Gasteiger partial charge in [0.2, 0.25) is 0 Å². The van der Waals surface area contributed by atoms with Gasteiger partial charge in [0.15, 0.2) is 0 Å². The molecule has 0 spiro atoms. The fourth-order valence-corrected chi connectivity index (χ4v) is 1.00. The van der Waals surface area contributed by atoms with Crippen molar-refractivity contribution in [3.05, 3.63) is 23.5 Å². The van der Waals surface area contributed by atoms with Gasteiger partial charge in [0.05, 0.1) is 0 Å². The lowest BCUT2D eigenvalue weighted by Gasteiger charge is -2.19. The summed E-state index contributed by atoms with van der Waals surface area (Å²) in [5.74, 6) is -4.98. The fourth-order valence-electron chi connectivity index (χ4n) is 1.00. The maximum absolute atomic E-state index is 12.8. The Kier molecular flexibility index (Phi) is 2.58. The van der Waals surface area contributed by atoms with Crippen LogP contribution in [0.15, 0.2) is 12.1 Å². The number of nitrogens with zero attached hydrogens (tertiary/aromatic N) is 1. The van der Waals surface area contributed by atoms with Crippen molar-refractivity contribution in [3.63, 3.8) is 0 Å². The molecule has 1 rings (SSSR count). The zero-order chi connectivity index (χ0) is 11.9. The van der Waals surface area contributed by atoms with Crippen molar-refractivity contribution in [2.24, 2.45) is 0 Å². The maximum atomic E-state index is 12.8. The van der Waals surface area contributed by atoms with E-state index in [1.54, 1.807) is 0 Å². The molecule has 7 heteroatoms. The molecule has 0 aliphatic carbocycles. The molecule has 0 fully saturated rings. The van der Waals surface area contributed by atoms with E-state index in [9.17, 15) is 22.0 Å². The number of hydrogen-bond donors (Lipinski definition) is 1. The molecule has 15 heavy (non-hydrogen) atoms. The quantitative estimate of drug-likeness (QED) is 0.747. The number of halogens is 5. The summed E-state index contributed by atoms with van der Waals surface area (Å²) >= 11 is 0. The molecule has 0 aliphatic heterocycles. The van der Waals surface area contributed by atoms with Crippen LogP contribution < -0.4 is 5.73 Å². The number of pyridine rings is 1. The normalized spacial score (nSPS) is 12.9. The summed E-state index contributed by atoms with van der Waals surface area (Å²) in [5, 5.41) is 0. The van der Waals surface area contributed by atoms with Crippen molar-refractivity contribution in [1.82, 2.24) is 4.98 Å². The first-order valence-corrected chi connectivity index (χ1v) is 3.84. The van der Waals surface area contributed by atoms with E-state index in [1.165, 1.54) is 13.0 Å². The molecule has 2 N–H and O–H groups in total. The van der Waals surface area contributed by atoms with E-state index in [0.29, 0.717) is 6.07 Å². The van der Waals surface area contributed by atoms with Crippen LogP contribution in [0.2, 0.25) is 0 Å². The van der Waals surface area contributed by atoms with E-state index in [1.807, 2.05) is 0 Å². The van der Waals surface area contributed by atoms with Crippen molar-refractivity contribution in [2.45, 2.75) is 19.0 Å². The summed E-state index contributed by atoms with van der Waals surface area (Å²) in [7, 11) is 0. The smallest absolute Gasteiger partial charge is 0.399 e. The van der Waals surface area contributed by atoms with Crippen LogP contribution in [0.5, 0.6) is 0 Å². The van der Waals surface area contributed by atoms with Gasteiger partial charge in [-0.3, -0.25) is 4.98 Å². The molecule has 0 aromatic carbocycles. The third kappa shape index (κ3) is 2.16. The third-order valence-corrected chi connectivity index (χ3v) is 1.65. The van der Waals surface area contributed by atoms with Gasteiger partial charge in [-0.05, 0) is 19.1 Å². The van der Waals surface area contributed by atoms with Crippen molar-refractivity contribution in [2.75, 3.05) is 5.73 Å². The lowest BCUT2D eigenvalue weighted by atomic mass is 10.2. The van der Waals surface area contributed by atoms with Crippen molar-refractivity contribution in [3.8, 4) is 0 Å². The van der Waals surface area contributed by atoms with Gasteiger partial charge in [-0.2, -0.15) is 22.0 Å². The first kappa shape index (κ1) is 11.7. The van der Waals surface area contributed by atoms with E-state index >= 15 is 0 Å². The van der Waals surface area contributed by atoms with Gasteiger partial charge in [-0.1, -0.05) is 0 Å². The molecular formula is C8H7F5N2. The summed E-state index contributed by atoms with van der Waals surface area (Å²) in [6.45, 7) is 1.28. The number of anilines is 1. The molecular weight excluding hydrogens is 219 g/mol. The minimum absolute atomic E-state index is 0.00826. The average molecular weight is 226 g/mol. The molecule has 1 heterocycles. The summed E-state index contributed by atoms with van der Waals surface area (Å²) in [5.41, 5.74) is 3.61. The molecule has 0 aliphatic rings. The number of rotatable bonds is 1. The first-order valence-electron chi connectivity index (χ1n) is 3.84. The molecule has 0 unspecified atom stereocenters. The van der Waals surface area contributed by atoms with Crippen LogP contribution in [0, 0.1) is 6.92 Å². The minimum atomic E-state index is -5.67. The first-order chi connectivity index (χ1) is 6.64. The molecule has 0 saturated heterocycles. The Morgan fingerprint density at radius 3 is 2.07 bits per heavy atom. The van der Waals surface area contributed by atoms with Gasteiger partial charge in [0.25, 0.3) is 0 Å². The minimum Gasteiger partial charge on any atom is -0.399 e. The van der Waals surface area contributed by atoms with Crippen LogP contribution >= 0.6 is 0 Å². The van der Waals surface area contributed by atoms with E-state index in [2.05, 4.69) is 4.98 Å². The highest BCUT2D eigenvalue weighted by Gasteiger charge is 2.60. The predicted octanol–water partition coefficient (Wildman–Crippen LogP) is 2.63.